The molecule has 0 saturated carbocycles. The molecule has 0 fully saturated rings. The third kappa shape index (κ3) is 47.4. The first-order chi connectivity index (χ1) is 31.0. The van der Waals surface area contributed by atoms with E-state index in [1.807, 2.05) is 27.2 Å². The van der Waals surface area contributed by atoms with Crippen molar-refractivity contribution in [1.29, 1.82) is 0 Å². The Morgan fingerprint density at radius 3 is 1.38 bits per heavy atom. The summed E-state index contributed by atoms with van der Waals surface area (Å²) >= 11 is 0. The van der Waals surface area contributed by atoms with Gasteiger partial charge in [-0.2, -0.15) is 0 Å². The van der Waals surface area contributed by atoms with Gasteiger partial charge in [-0.25, -0.2) is 0 Å². The first-order valence-corrected chi connectivity index (χ1v) is 27.1. The van der Waals surface area contributed by atoms with Gasteiger partial charge in [-0.15, -0.1) is 0 Å². The van der Waals surface area contributed by atoms with Gasteiger partial charge < -0.3 is 28.8 Å². The molecule has 3 atom stereocenters. The van der Waals surface area contributed by atoms with E-state index in [4.69, 9.17) is 9.05 Å². The lowest BCUT2D eigenvalue weighted by atomic mass is 10.0. The highest BCUT2D eigenvalue weighted by Crippen LogP contribution is 2.38. The van der Waals surface area contributed by atoms with Gasteiger partial charge in [0.2, 0.25) is 5.91 Å². The number of amides is 1. The minimum absolute atomic E-state index is 0.0171. The molecule has 0 heterocycles. The molecule has 0 rings (SSSR count). The van der Waals surface area contributed by atoms with Crippen LogP contribution in [0.3, 0.4) is 0 Å². The summed E-state index contributed by atoms with van der Waals surface area (Å²) in [6.07, 6.45) is 64.7. The summed E-state index contributed by atoms with van der Waals surface area (Å²) in [5.74, 6) is -0.258. The van der Waals surface area contributed by atoms with Gasteiger partial charge in [0.15, 0.2) is 0 Å². The molecule has 3 unspecified atom stereocenters. The number of rotatable bonds is 45. The molecule has 1 amide bonds. The molecule has 0 radical (unpaired) electrons. The number of hydrogen-bond acceptors (Lipinski definition) is 6. The number of phosphoric ester groups is 1. The Balaban J connectivity index is 4.47. The summed E-state index contributed by atoms with van der Waals surface area (Å²) in [6.45, 7) is 4.48. The van der Waals surface area contributed by atoms with E-state index in [1.54, 1.807) is 6.08 Å². The number of allylic oxidation sites excluding steroid dienone is 15. The van der Waals surface area contributed by atoms with Gasteiger partial charge in [-0.3, -0.25) is 9.36 Å². The second-order valence-electron chi connectivity index (χ2n) is 18.1. The molecule has 9 heteroatoms. The molecule has 0 saturated heterocycles. The summed E-state index contributed by atoms with van der Waals surface area (Å²) in [6, 6.07) is -0.924. The number of nitrogens with one attached hydrogen (secondary N) is 1. The Morgan fingerprint density at radius 2 is 0.953 bits per heavy atom. The fourth-order valence-corrected chi connectivity index (χ4v) is 7.51. The lowest BCUT2D eigenvalue weighted by Gasteiger charge is -2.29. The van der Waals surface area contributed by atoms with Crippen molar-refractivity contribution >= 4 is 13.7 Å². The van der Waals surface area contributed by atoms with E-state index in [1.165, 1.54) is 96.3 Å². The predicted molar refractivity (Wildman–Crippen MR) is 274 cm³/mol. The molecular weight excluding hydrogens is 816 g/mol. The maximum Gasteiger partial charge on any atom is 0.268 e. The Labute approximate surface area is 394 Å². The molecule has 0 bridgehead atoms. The van der Waals surface area contributed by atoms with Crippen molar-refractivity contribution < 1.29 is 32.9 Å². The zero-order valence-corrected chi connectivity index (χ0v) is 42.6. The van der Waals surface area contributed by atoms with E-state index >= 15 is 0 Å². The van der Waals surface area contributed by atoms with Crippen molar-refractivity contribution in [2.24, 2.45) is 0 Å². The maximum absolute atomic E-state index is 12.9. The lowest BCUT2D eigenvalue weighted by molar-refractivity contribution is -0.870. The van der Waals surface area contributed by atoms with Crippen LogP contribution in [0.15, 0.2) is 97.2 Å². The monoisotopic (exact) mass is 913 g/mol. The van der Waals surface area contributed by atoms with Gasteiger partial charge in [-0.1, -0.05) is 214 Å². The highest BCUT2D eigenvalue weighted by Gasteiger charge is 2.23. The van der Waals surface area contributed by atoms with Gasteiger partial charge in [-0.05, 0) is 70.6 Å². The molecule has 0 aliphatic rings. The van der Waals surface area contributed by atoms with Crippen LogP contribution in [-0.4, -0.2) is 68.5 Å². The Hall–Kier alpha value is -2.58. The predicted octanol–water partition coefficient (Wildman–Crippen LogP) is 14.5. The van der Waals surface area contributed by atoms with Crippen LogP contribution in [0.2, 0.25) is 0 Å². The second-order valence-corrected chi connectivity index (χ2v) is 19.6. The highest BCUT2D eigenvalue weighted by molar-refractivity contribution is 7.45. The molecule has 0 spiro atoms. The van der Waals surface area contributed by atoms with E-state index in [-0.39, 0.29) is 18.9 Å². The Kier molecular flexibility index (Phi) is 43.7. The van der Waals surface area contributed by atoms with E-state index in [9.17, 15) is 19.4 Å². The molecule has 8 nitrogen and oxygen atoms in total. The molecule has 0 aromatic rings. The molecule has 0 aromatic heterocycles. The number of nitrogens with zero attached hydrogens (tertiary/aromatic N) is 1. The van der Waals surface area contributed by atoms with Gasteiger partial charge >= 0.3 is 0 Å². The number of carbonyl (C=O) groups is 1. The minimum Gasteiger partial charge on any atom is -0.756 e. The number of aliphatic hydroxyl groups excluding tert-OH is 1. The largest absolute Gasteiger partial charge is 0.756 e. The van der Waals surface area contributed by atoms with Crippen LogP contribution < -0.4 is 10.2 Å². The first kappa shape index (κ1) is 61.4. The van der Waals surface area contributed by atoms with Crippen molar-refractivity contribution in [3.05, 3.63) is 97.2 Å². The number of quaternary nitrogens is 1. The maximum atomic E-state index is 12.9. The van der Waals surface area contributed by atoms with Crippen LogP contribution in [0, 0.1) is 0 Å². The number of carbonyl (C=O) groups excluding carboxylic acids is 1. The van der Waals surface area contributed by atoms with Crippen molar-refractivity contribution in [3.8, 4) is 0 Å². The van der Waals surface area contributed by atoms with Gasteiger partial charge in [0.1, 0.15) is 13.2 Å². The number of unbranched alkanes of at least 4 members (excludes halogenated alkanes) is 18. The summed E-state index contributed by atoms with van der Waals surface area (Å²) in [5, 5.41) is 13.8. The van der Waals surface area contributed by atoms with Gasteiger partial charge in [0.25, 0.3) is 7.82 Å². The Morgan fingerprint density at radius 1 is 0.562 bits per heavy atom. The number of hydrogen-bond donors (Lipinski definition) is 2. The molecule has 2 N–H and O–H groups in total. The van der Waals surface area contributed by atoms with Crippen molar-refractivity contribution in [3.63, 3.8) is 0 Å². The number of phosphoric acid groups is 1. The molecule has 0 aromatic carbocycles. The van der Waals surface area contributed by atoms with Crippen molar-refractivity contribution in [1.82, 2.24) is 5.32 Å². The lowest BCUT2D eigenvalue weighted by Crippen LogP contribution is -2.45. The third-order valence-electron chi connectivity index (χ3n) is 10.8. The number of likely N-dealkylation sites (N-methyl/N-ethyl adjacent to an activating group) is 1. The van der Waals surface area contributed by atoms with Gasteiger partial charge in [0, 0.05) is 6.42 Å². The zero-order valence-electron chi connectivity index (χ0n) is 41.7. The SMILES string of the molecule is CC/C=C\C/C=C\C/C=C\C/C=C\C/C=C\C/C=C\C/C=C\CCCC(=O)NC(COP(=O)([O-])OCC[N+](C)(C)C)C(O)/C=C/CCCCCCCCCCCCCCCCCCC. The summed E-state index contributed by atoms with van der Waals surface area (Å²) in [5.41, 5.74) is 0. The highest BCUT2D eigenvalue weighted by atomic mass is 31.2. The molecular formula is C55H97N2O6P. The van der Waals surface area contributed by atoms with Crippen LogP contribution in [0.1, 0.15) is 194 Å². The van der Waals surface area contributed by atoms with Crippen LogP contribution in [0.5, 0.6) is 0 Å². The third-order valence-corrected chi connectivity index (χ3v) is 11.8. The van der Waals surface area contributed by atoms with Crippen molar-refractivity contribution in [2.45, 2.75) is 206 Å². The summed E-state index contributed by atoms with van der Waals surface area (Å²) in [7, 11) is 1.21. The van der Waals surface area contributed by atoms with Crippen LogP contribution in [0.4, 0.5) is 0 Å². The smallest absolute Gasteiger partial charge is 0.268 e. The Bertz CT molecular complexity index is 1360. The molecule has 64 heavy (non-hydrogen) atoms. The average Bonchev–Trinajstić information content (AvgIpc) is 3.25. The topological polar surface area (TPSA) is 108 Å². The zero-order chi connectivity index (χ0) is 47.1. The first-order valence-electron chi connectivity index (χ1n) is 25.6. The van der Waals surface area contributed by atoms with E-state index in [2.05, 4.69) is 104 Å². The normalized spacial score (nSPS) is 14.9. The van der Waals surface area contributed by atoms with Gasteiger partial charge in [0.05, 0.1) is 39.9 Å². The molecule has 0 aliphatic carbocycles. The van der Waals surface area contributed by atoms with Crippen LogP contribution in [-0.2, 0) is 18.4 Å². The summed E-state index contributed by atoms with van der Waals surface area (Å²) < 4.78 is 23.2. The van der Waals surface area contributed by atoms with Crippen LogP contribution in [0.25, 0.3) is 0 Å². The minimum atomic E-state index is -4.62. The summed E-state index contributed by atoms with van der Waals surface area (Å²) in [4.78, 5) is 25.4. The van der Waals surface area contributed by atoms with E-state index < -0.39 is 26.6 Å². The van der Waals surface area contributed by atoms with Crippen LogP contribution >= 0.6 is 7.82 Å². The second kappa shape index (κ2) is 45.6. The average molecular weight is 913 g/mol. The fraction of sp³-hybridized carbons (Fsp3) is 0.691. The number of aliphatic hydroxyl groups is 1. The molecule has 368 valence electrons. The fourth-order valence-electron chi connectivity index (χ4n) is 6.79. The van der Waals surface area contributed by atoms with E-state index in [0.29, 0.717) is 17.4 Å². The quantitative estimate of drug-likeness (QED) is 0.0273. The molecule has 0 aliphatic heterocycles. The van der Waals surface area contributed by atoms with Crippen molar-refractivity contribution in [2.75, 3.05) is 40.9 Å². The van der Waals surface area contributed by atoms with E-state index in [0.717, 1.165) is 70.6 Å². The standard InChI is InChI=1S/C55H97N2O6P/c1-6-8-10-12-14-16-18-20-22-24-26-27-28-29-31-33-35-37-39-41-43-45-47-49-55(59)56-53(52-63-64(60,61)62-51-50-57(3,4)5)54(58)48-46-44-42-40-38-36-34-32-30-25-23-21-19-17-15-13-11-9-7-2/h8,10,14,16,20,22,26-27,29,31,35,37,41,43,46,48,53-54,58H,6-7,9,11-13,15,17-19,21,23-25,28,30,32-34,36,38-40,42,44-45,47,49-52H2,1-5H3,(H-,56,59,60,61)/b10-8-,16-14-,22-20-,27-26-,31-29-,37-35-,43-41-,48-46+.